The highest BCUT2D eigenvalue weighted by Gasteiger charge is 2.22. The zero-order valence-electron chi connectivity index (χ0n) is 13.3. The number of hydrogen-bond acceptors (Lipinski definition) is 6. The second-order valence-electron chi connectivity index (χ2n) is 6.11. The standard InChI is InChI=1S/C14H20ClN5O2/c1-9(2)8-20(19-13(21)22-14(3,4)5)11-10(6-16)7-17-12(15)18-11/h7,9H,8H2,1-5H3,(H,19,21). The predicted octanol–water partition coefficient (Wildman–Crippen LogP) is 2.90. The summed E-state index contributed by atoms with van der Waals surface area (Å²) in [6.07, 6.45) is 0.682. The second kappa shape index (κ2) is 7.27. The Labute approximate surface area is 135 Å². The molecule has 1 N–H and O–H groups in total. The number of hydrazine groups is 1. The molecule has 0 fully saturated rings. The number of carbonyl (C=O) groups excluding carboxylic acids is 1. The van der Waals surface area contributed by atoms with Crippen LogP contribution >= 0.6 is 11.6 Å². The summed E-state index contributed by atoms with van der Waals surface area (Å²) in [5.74, 6) is 0.442. The Morgan fingerprint density at radius 1 is 1.55 bits per heavy atom. The molecule has 0 aliphatic heterocycles. The molecule has 1 amide bonds. The summed E-state index contributed by atoms with van der Waals surface area (Å²) in [7, 11) is 0. The van der Waals surface area contributed by atoms with Crippen LogP contribution in [0.2, 0.25) is 5.28 Å². The van der Waals surface area contributed by atoms with Gasteiger partial charge in [0.2, 0.25) is 5.28 Å². The van der Waals surface area contributed by atoms with Gasteiger partial charge in [0, 0.05) is 6.54 Å². The van der Waals surface area contributed by atoms with Crippen LogP contribution in [0.3, 0.4) is 0 Å². The Bertz CT molecular complexity index is 578. The number of halogens is 1. The van der Waals surface area contributed by atoms with Gasteiger partial charge in [0.1, 0.15) is 17.2 Å². The zero-order chi connectivity index (χ0) is 16.9. The molecule has 8 heteroatoms. The second-order valence-corrected chi connectivity index (χ2v) is 6.44. The van der Waals surface area contributed by atoms with Crippen LogP contribution in [-0.2, 0) is 4.74 Å². The first-order chi connectivity index (χ1) is 10.1. The first-order valence-electron chi connectivity index (χ1n) is 6.82. The first-order valence-corrected chi connectivity index (χ1v) is 7.20. The highest BCUT2D eigenvalue weighted by Crippen LogP contribution is 2.18. The molecule has 0 unspecified atom stereocenters. The van der Waals surface area contributed by atoms with Crippen molar-refractivity contribution in [2.24, 2.45) is 5.92 Å². The van der Waals surface area contributed by atoms with Crippen LogP contribution in [0.15, 0.2) is 6.20 Å². The number of nitrogens with zero attached hydrogens (tertiary/aromatic N) is 4. The van der Waals surface area contributed by atoms with E-state index in [1.54, 1.807) is 20.8 Å². The molecule has 0 bridgehead atoms. The van der Waals surface area contributed by atoms with E-state index in [-0.39, 0.29) is 22.6 Å². The summed E-state index contributed by atoms with van der Waals surface area (Å²) in [5.41, 5.74) is 2.17. The van der Waals surface area contributed by atoms with Crippen molar-refractivity contribution in [1.82, 2.24) is 15.4 Å². The van der Waals surface area contributed by atoms with Gasteiger partial charge in [-0.2, -0.15) is 10.2 Å². The summed E-state index contributed by atoms with van der Waals surface area (Å²) < 4.78 is 5.22. The summed E-state index contributed by atoms with van der Waals surface area (Å²) in [6.45, 7) is 9.67. The summed E-state index contributed by atoms with van der Waals surface area (Å²) in [4.78, 5) is 19.8. The van der Waals surface area contributed by atoms with E-state index in [4.69, 9.17) is 21.6 Å². The number of aromatic nitrogens is 2. The van der Waals surface area contributed by atoms with E-state index in [1.807, 2.05) is 19.9 Å². The van der Waals surface area contributed by atoms with Crippen LogP contribution in [0.1, 0.15) is 40.2 Å². The van der Waals surface area contributed by atoms with Gasteiger partial charge in [0.15, 0.2) is 5.82 Å². The Balaban J connectivity index is 3.06. The van der Waals surface area contributed by atoms with Crippen LogP contribution in [0.4, 0.5) is 10.6 Å². The van der Waals surface area contributed by atoms with E-state index in [0.29, 0.717) is 6.54 Å². The van der Waals surface area contributed by atoms with Crippen molar-refractivity contribution in [3.63, 3.8) is 0 Å². The fourth-order valence-corrected chi connectivity index (χ4v) is 1.73. The topological polar surface area (TPSA) is 91.1 Å². The molecule has 0 atom stereocenters. The number of hydrogen-bond donors (Lipinski definition) is 1. The van der Waals surface area contributed by atoms with Crippen LogP contribution in [0.5, 0.6) is 0 Å². The van der Waals surface area contributed by atoms with Crippen molar-refractivity contribution < 1.29 is 9.53 Å². The fourth-order valence-electron chi connectivity index (χ4n) is 1.60. The third-order valence-corrected chi connectivity index (χ3v) is 2.47. The molecule has 0 aliphatic rings. The molecule has 1 aromatic rings. The lowest BCUT2D eigenvalue weighted by Gasteiger charge is -2.28. The molecule has 22 heavy (non-hydrogen) atoms. The van der Waals surface area contributed by atoms with Gasteiger partial charge in [-0.3, -0.25) is 5.01 Å². The average molecular weight is 326 g/mol. The molecule has 7 nitrogen and oxygen atoms in total. The molecule has 1 aromatic heterocycles. The Kier molecular flexibility index (Phi) is 5.94. The van der Waals surface area contributed by atoms with E-state index >= 15 is 0 Å². The lowest BCUT2D eigenvalue weighted by molar-refractivity contribution is 0.0519. The molecule has 0 saturated heterocycles. The molecule has 0 spiro atoms. The van der Waals surface area contributed by atoms with Crippen LogP contribution in [-0.4, -0.2) is 28.2 Å². The number of nitrogens with one attached hydrogen (secondary N) is 1. The van der Waals surface area contributed by atoms with Crippen molar-refractivity contribution in [1.29, 1.82) is 5.26 Å². The van der Waals surface area contributed by atoms with E-state index < -0.39 is 11.7 Å². The Hall–Kier alpha value is -2.07. The van der Waals surface area contributed by atoms with Crippen molar-refractivity contribution in [2.45, 2.75) is 40.2 Å². The van der Waals surface area contributed by atoms with Gasteiger partial charge < -0.3 is 4.74 Å². The van der Waals surface area contributed by atoms with Crippen molar-refractivity contribution in [3.05, 3.63) is 17.0 Å². The Morgan fingerprint density at radius 2 is 2.18 bits per heavy atom. The largest absolute Gasteiger partial charge is 0.443 e. The first kappa shape index (κ1) is 18.0. The van der Waals surface area contributed by atoms with Gasteiger partial charge in [-0.15, -0.1) is 0 Å². The molecular formula is C14H20ClN5O2. The smallest absolute Gasteiger partial charge is 0.426 e. The molecule has 0 saturated carbocycles. The zero-order valence-corrected chi connectivity index (χ0v) is 14.1. The SMILES string of the molecule is CC(C)CN(NC(=O)OC(C)(C)C)c1nc(Cl)ncc1C#N. The van der Waals surface area contributed by atoms with Crippen molar-refractivity contribution in [3.8, 4) is 6.07 Å². The third kappa shape index (κ3) is 5.74. The van der Waals surface area contributed by atoms with Crippen molar-refractivity contribution >= 4 is 23.5 Å². The normalized spacial score (nSPS) is 11.0. The molecular weight excluding hydrogens is 306 g/mol. The maximum absolute atomic E-state index is 12.0. The van der Waals surface area contributed by atoms with Crippen molar-refractivity contribution in [2.75, 3.05) is 11.6 Å². The molecule has 120 valence electrons. The average Bonchev–Trinajstić information content (AvgIpc) is 2.35. The third-order valence-electron chi connectivity index (χ3n) is 2.29. The van der Waals surface area contributed by atoms with Gasteiger partial charge in [-0.25, -0.2) is 15.2 Å². The number of amides is 1. The molecule has 1 rings (SSSR count). The van der Waals surface area contributed by atoms with Crippen LogP contribution < -0.4 is 10.4 Å². The molecule has 1 heterocycles. The van der Waals surface area contributed by atoms with Gasteiger partial charge in [-0.05, 0) is 38.3 Å². The number of anilines is 1. The summed E-state index contributed by atoms with van der Waals surface area (Å²) in [6, 6.07) is 1.98. The number of carbonyl (C=O) groups is 1. The van der Waals surface area contributed by atoms with E-state index in [2.05, 4.69) is 15.4 Å². The van der Waals surface area contributed by atoms with Gasteiger partial charge >= 0.3 is 6.09 Å². The number of nitriles is 1. The van der Waals surface area contributed by atoms with Gasteiger partial charge in [-0.1, -0.05) is 13.8 Å². The minimum Gasteiger partial charge on any atom is -0.443 e. The predicted molar refractivity (Wildman–Crippen MR) is 83.3 cm³/mol. The van der Waals surface area contributed by atoms with Gasteiger partial charge in [0.05, 0.1) is 6.20 Å². The number of ether oxygens (including phenoxy) is 1. The fraction of sp³-hybridized carbons (Fsp3) is 0.571. The molecule has 0 aliphatic carbocycles. The monoisotopic (exact) mass is 325 g/mol. The van der Waals surface area contributed by atoms with Gasteiger partial charge in [0.25, 0.3) is 0 Å². The minimum absolute atomic E-state index is 0.00579. The highest BCUT2D eigenvalue weighted by molar-refractivity contribution is 6.28. The quantitative estimate of drug-likeness (QED) is 0.676. The maximum Gasteiger partial charge on any atom is 0.426 e. The van der Waals surface area contributed by atoms with Crippen LogP contribution in [0.25, 0.3) is 0 Å². The summed E-state index contributed by atoms with van der Waals surface area (Å²) >= 11 is 5.80. The number of rotatable bonds is 4. The molecule has 0 aromatic carbocycles. The van der Waals surface area contributed by atoms with Crippen LogP contribution in [0, 0.1) is 17.2 Å². The maximum atomic E-state index is 12.0. The lowest BCUT2D eigenvalue weighted by Crippen LogP contribution is -2.47. The summed E-state index contributed by atoms with van der Waals surface area (Å²) in [5, 5.41) is 10.6. The van der Waals surface area contributed by atoms with E-state index in [1.165, 1.54) is 11.2 Å². The van der Waals surface area contributed by atoms with E-state index in [0.717, 1.165) is 0 Å². The lowest BCUT2D eigenvalue weighted by atomic mass is 10.2. The molecule has 0 radical (unpaired) electrons. The Morgan fingerprint density at radius 3 is 2.68 bits per heavy atom. The highest BCUT2D eigenvalue weighted by atomic mass is 35.5. The minimum atomic E-state index is -0.633. The van der Waals surface area contributed by atoms with E-state index in [9.17, 15) is 4.79 Å².